The molecule has 0 fully saturated rings. The highest BCUT2D eigenvalue weighted by molar-refractivity contribution is 5.63. The van der Waals surface area contributed by atoms with Crippen LogP contribution in [0.5, 0.6) is 0 Å². The van der Waals surface area contributed by atoms with Crippen molar-refractivity contribution in [3.05, 3.63) is 35.1 Å². The molecule has 1 aromatic rings. The molecule has 2 nitrogen and oxygen atoms in total. The predicted molar refractivity (Wildman–Crippen MR) is 45.6 cm³/mol. The van der Waals surface area contributed by atoms with Gasteiger partial charge in [0.05, 0.1) is 11.6 Å². The lowest BCUT2D eigenvalue weighted by atomic mass is 9.97. The zero-order valence-electron chi connectivity index (χ0n) is 7.12. The molecule has 0 aliphatic rings. The maximum absolute atomic E-state index is 12.7. The van der Waals surface area contributed by atoms with Crippen LogP contribution in [-0.4, -0.2) is 6.29 Å². The molecule has 1 unspecified atom stereocenters. The van der Waals surface area contributed by atoms with Crippen LogP contribution in [0.2, 0.25) is 0 Å². The summed E-state index contributed by atoms with van der Waals surface area (Å²) < 4.78 is 12.7. The van der Waals surface area contributed by atoms with E-state index in [9.17, 15) is 9.18 Å². The van der Waals surface area contributed by atoms with Gasteiger partial charge < -0.3 is 4.79 Å². The summed E-state index contributed by atoms with van der Waals surface area (Å²) in [7, 11) is 0. The molecule has 3 heteroatoms. The molecular formula is C10H8FNO. The minimum absolute atomic E-state index is 0.222. The van der Waals surface area contributed by atoms with Crippen LogP contribution in [0.25, 0.3) is 0 Å². The Labute approximate surface area is 75.6 Å². The Morgan fingerprint density at radius 2 is 2.31 bits per heavy atom. The van der Waals surface area contributed by atoms with E-state index in [0.717, 1.165) is 12.4 Å². The average Bonchev–Trinajstić information content (AvgIpc) is 2.16. The van der Waals surface area contributed by atoms with E-state index in [0.29, 0.717) is 5.56 Å². The zero-order valence-corrected chi connectivity index (χ0v) is 7.12. The number of aldehydes is 1. The van der Waals surface area contributed by atoms with Gasteiger partial charge in [0.1, 0.15) is 12.1 Å². The molecule has 0 saturated heterocycles. The fourth-order valence-corrected chi connectivity index (χ4v) is 1.10. The number of carbonyl (C=O) groups is 1. The van der Waals surface area contributed by atoms with Crippen LogP contribution in [0.4, 0.5) is 4.39 Å². The summed E-state index contributed by atoms with van der Waals surface area (Å²) in [4.78, 5) is 10.5. The summed E-state index contributed by atoms with van der Waals surface area (Å²) in [6.07, 6.45) is 0.730. The van der Waals surface area contributed by atoms with Crippen LogP contribution in [-0.2, 0) is 4.79 Å². The standard InChI is InChI=1S/C10H8FNO/c1-7(6-13)10-3-2-9(11)4-8(10)5-12/h2-4,6-7H,1H3. The second kappa shape index (κ2) is 3.81. The molecule has 0 aromatic heterocycles. The van der Waals surface area contributed by atoms with E-state index in [1.165, 1.54) is 12.1 Å². The van der Waals surface area contributed by atoms with Crippen LogP contribution in [0.3, 0.4) is 0 Å². The van der Waals surface area contributed by atoms with Gasteiger partial charge in [-0.25, -0.2) is 4.39 Å². The van der Waals surface area contributed by atoms with Crippen LogP contribution in [0.1, 0.15) is 24.0 Å². The second-order valence-corrected chi connectivity index (χ2v) is 2.77. The topological polar surface area (TPSA) is 40.9 Å². The molecule has 1 rings (SSSR count). The first-order valence-corrected chi connectivity index (χ1v) is 3.84. The summed E-state index contributed by atoms with van der Waals surface area (Å²) in [5, 5.41) is 8.65. The summed E-state index contributed by atoms with van der Waals surface area (Å²) in [5.41, 5.74) is 0.790. The lowest BCUT2D eigenvalue weighted by molar-refractivity contribution is -0.108. The molecular weight excluding hydrogens is 169 g/mol. The number of hydrogen-bond acceptors (Lipinski definition) is 2. The highest BCUT2D eigenvalue weighted by Crippen LogP contribution is 2.18. The lowest BCUT2D eigenvalue weighted by Gasteiger charge is -2.05. The van der Waals surface area contributed by atoms with Crippen molar-refractivity contribution in [2.45, 2.75) is 12.8 Å². The maximum Gasteiger partial charge on any atom is 0.127 e. The van der Waals surface area contributed by atoms with Crippen molar-refractivity contribution in [2.24, 2.45) is 0 Å². The number of rotatable bonds is 2. The molecule has 13 heavy (non-hydrogen) atoms. The van der Waals surface area contributed by atoms with Crippen LogP contribution in [0, 0.1) is 17.1 Å². The van der Waals surface area contributed by atoms with Gasteiger partial charge in [0.2, 0.25) is 0 Å². The molecule has 0 radical (unpaired) electrons. The summed E-state index contributed by atoms with van der Waals surface area (Å²) in [6, 6.07) is 5.70. The SMILES string of the molecule is CC(C=O)c1ccc(F)cc1C#N. The van der Waals surface area contributed by atoms with Crippen molar-refractivity contribution >= 4 is 6.29 Å². The largest absolute Gasteiger partial charge is 0.303 e. The third-order valence-corrected chi connectivity index (χ3v) is 1.83. The van der Waals surface area contributed by atoms with Gasteiger partial charge in [-0.1, -0.05) is 13.0 Å². The minimum Gasteiger partial charge on any atom is -0.303 e. The van der Waals surface area contributed by atoms with Crippen molar-refractivity contribution < 1.29 is 9.18 Å². The van der Waals surface area contributed by atoms with Crippen molar-refractivity contribution in [3.8, 4) is 6.07 Å². The molecule has 0 N–H and O–H groups in total. The molecule has 0 heterocycles. The van der Waals surface area contributed by atoms with Crippen molar-refractivity contribution in [1.82, 2.24) is 0 Å². The van der Waals surface area contributed by atoms with E-state index in [-0.39, 0.29) is 11.5 Å². The van der Waals surface area contributed by atoms with Crippen molar-refractivity contribution in [1.29, 1.82) is 5.26 Å². The first-order chi connectivity index (χ1) is 6.19. The van der Waals surface area contributed by atoms with Gasteiger partial charge in [-0.2, -0.15) is 5.26 Å². The number of carbonyl (C=O) groups excluding carboxylic acids is 1. The van der Waals surface area contributed by atoms with E-state index in [2.05, 4.69) is 0 Å². The second-order valence-electron chi connectivity index (χ2n) is 2.77. The fourth-order valence-electron chi connectivity index (χ4n) is 1.10. The van der Waals surface area contributed by atoms with E-state index in [1.807, 2.05) is 6.07 Å². The highest BCUT2D eigenvalue weighted by Gasteiger charge is 2.09. The van der Waals surface area contributed by atoms with Gasteiger partial charge in [0.15, 0.2) is 0 Å². The van der Waals surface area contributed by atoms with Crippen molar-refractivity contribution in [3.63, 3.8) is 0 Å². The van der Waals surface area contributed by atoms with Gasteiger partial charge in [0, 0.05) is 5.92 Å². The van der Waals surface area contributed by atoms with E-state index >= 15 is 0 Å². The smallest absolute Gasteiger partial charge is 0.127 e. The number of halogens is 1. The Kier molecular flexibility index (Phi) is 2.76. The maximum atomic E-state index is 12.7. The van der Waals surface area contributed by atoms with Crippen molar-refractivity contribution in [2.75, 3.05) is 0 Å². The average molecular weight is 177 g/mol. The number of benzene rings is 1. The first kappa shape index (κ1) is 9.40. The number of hydrogen-bond donors (Lipinski definition) is 0. The molecule has 66 valence electrons. The van der Waals surface area contributed by atoms with E-state index < -0.39 is 5.82 Å². The molecule has 0 spiro atoms. The van der Waals surface area contributed by atoms with Crippen LogP contribution in [0.15, 0.2) is 18.2 Å². The summed E-state index contributed by atoms with van der Waals surface area (Å²) in [5.74, 6) is -0.825. The quantitative estimate of drug-likeness (QED) is 0.648. The third-order valence-electron chi connectivity index (χ3n) is 1.83. The van der Waals surface area contributed by atoms with E-state index in [1.54, 1.807) is 6.92 Å². The molecule has 1 atom stereocenters. The van der Waals surface area contributed by atoms with E-state index in [4.69, 9.17) is 5.26 Å². The third kappa shape index (κ3) is 1.91. The first-order valence-electron chi connectivity index (χ1n) is 3.84. The van der Waals surface area contributed by atoms with Crippen LogP contribution < -0.4 is 0 Å². The molecule has 0 aliphatic heterocycles. The summed E-state index contributed by atoms with van der Waals surface area (Å²) >= 11 is 0. The van der Waals surface area contributed by atoms with Gasteiger partial charge in [-0.3, -0.25) is 0 Å². The Bertz CT molecular complexity index is 368. The number of nitrogens with zero attached hydrogens (tertiary/aromatic N) is 1. The molecule has 0 aliphatic carbocycles. The minimum atomic E-state index is -0.460. The molecule has 0 saturated carbocycles. The Balaban J connectivity index is 3.22. The van der Waals surface area contributed by atoms with Gasteiger partial charge in [-0.05, 0) is 17.7 Å². The normalized spacial score (nSPS) is 11.8. The molecule has 0 bridgehead atoms. The Morgan fingerprint density at radius 1 is 1.62 bits per heavy atom. The Morgan fingerprint density at radius 3 is 2.85 bits per heavy atom. The van der Waals surface area contributed by atoms with Gasteiger partial charge >= 0.3 is 0 Å². The number of nitriles is 1. The lowest BCUT2D eigenvalue weighted by Crippen LogP contribution is -1.98. The zero-order chi connectivity index (χ0) is 9.84. The fraction of sp³-hybridized carbons (Fsp3) is 0.200. The van der Waals surface area contributed by atoms with Gasteiger partial charge in [0.25, 0.3) is 0 Å². The van der Waals surface area contributed by atoms with Crippen LogP contribution >= 0.6 is 0 Å². The molecule has 1 aromatic carbocycles. The predicted octanol–water partition coefficient (Wildman–Crippen LogP) is 2.00. The molecule has 0 amide bonds. The highest BCUT2D eigenvalue weighted by atomic mass is 19.1. The summed E-state index contributed by atoms with van der Waals surface area (Å²) in [6.45, 7) is 1.67. The van der Waals surface area contributed by atoms with Gasteiger partial charge in [-0.15, -0.1) is 0 Å². The monoisotopic (exact) mass is 177 g/mol. The Hall–Kier alpha value is -1.69.